The smallest absolute Gasteiger partial charge is 0.393 e. The molecular formula is C25H30F3NO4S2. The van der Waals surface area contributed by atoms with Gasteiger partial charge in [-0.3, -0.25) is 4.18 Å². The van der Waals surface area contributed by atoms with Gasteiger partial charge in [-0.15, -0.1) is 11.3 Å². The molecule has 0 radical (unpaired) electrons. The Kier molecular flexibility index (Phi) is 9.34. The number of halogens is 3. The number of aliphatic hydroxyl groups is 1. The lowest BCUT2D eigenvalue weighted by molar-refractivity contribution is -0.137. The fraction of sp³-hybridized carbons (Fsp3) is 0.440. The van der Waals surface area contributed by atoms with Gasteiger partial charge in [0.2, 0.25) is 0 Å². The van der Waals surface area contributed by atoms with E-state index in [9.17, 15) is 21.6 Å². The molecule has 192 valence electrons. The van der Waals surface area contributed by atoms with Crippen LogP contribution < -0.4 is 5.32 Å². The topological polar surface area (TPSA) is 75.6 Å². The van der Waals surface area contributed by atoms with Crippen LogP contribution in [-0.4, -0.2) is 45.6 Å². The summed E-state index contributed by atoms with van der Waals surface area (Å²) in [7, 11) is -3.43. The number of hydrogen-bond donors (Lipinski definition) is 2. The maximum Gasteiger partial charge on any atom is 0.416 e. The predicted molar refractivity (Wildman–Crippen MR) is 134 cm³/mol. The number of aliphatic hydroxyl groups excluding tert-OH is 1. The quantitative estimate of drug-likeness (QED) is 0.324. The lowest BCUT2D eigenvalue weighted by Gasteiger charge is -2.16. The highest BCUT2D eigenvalue weighted by Gasteiger charge is 2.30. The second-order valence-corrected chi connectivity index (χ2v) is 11.4. The van der Waals surface area contributed by atoms with Crippen molar-refractivity contribution < 1.29 is 30.9 Å². The average molecular weight is 530 g/mol. The fourth-order valence-electron chi connectivity index (χ4n) is 3.90. The fourth-order valence-corrected chi connectivity index (χ4v) is 5.47. The highest BCUT2D eigenvalue weighted by Crippen LogP contribution is 2.40. The summed E-state index contributed by atoms with van der Waals surface area (Å²) in [6, 6.07) is 11.2. The second-order valence-electron chi connectivity index (χ2n) is 8.55. The third-order valence-electron chi connectivity index (χ3n) is 5.65. The van der Waals surface area contributed by atoms with Crippen molar-refractivity contribution in [2.24, 2.45) is 0 Å². The van der Waals surface area contributed by atoms with E-state index in [4.69, 9.17) is 9.29 Å². The van der Waals surface area contributed by atoms with Gasteiger partial charge in [0.25, 0.3) is 10.1 Å². The number of hydrogen-bond acceptors (Lipinski definition) is 6. The standard InChI is InChI=1S/C20H19F3O3S2.C5H11NO/c1-13-19(15-6-8-16(9-7-15)20(21,22)23)17-10-5-14(12-18(17)27-13)4-3-11-26-28(2,24)25;7-5-1-3-6-4-2-5/h5-10,12H,3-4,11H2,1-2H3;5-7H,1-4H2. The van der Waals surface area contributed by atoms with E-state index in [0.717, 1.165) is 76.0 Å². The maximum atomic E-state index is 12.8. The highest BCUT2D eigenvalue weighted by molar-refractivity contribution is 7.85. The Hall–Kier alpha value is -1.98. The summed E-state index contributed by atoms with van der Waals surface area (Å²) in [5.41, 5.74) is 2.10. The van der Waals surface area contributed by atoms with Crippen LogP contribution in [0.4, 0.5) is 13.2 Å². The molecule has 0 amide bonds. The van der Waals surface area contributed by atoms with Crippen LogP contribution in [0.1, 0.15) is 35.3 Å². The van der Waals surface area contributed by atoms with Crippen LogP contribution in [0, 0.1) is 6.92 Å². The zero-order valence-electron chi connectivity index (χ0n) is 19.7. The third-order valence-corrected chi connectivity index (χ3v) is 7.31. The van der Waals surface area contributed by atoms with Gasteiger partial charge in [-0.1, -0.05) is 24.3 Å². The molecule has 1 aliphatic rings. The van der Waals surface area contributed by atoms with E-state index in [1.54, 1.807) is 11.3 Å². The van der Waals surface area contributed by atoms with Gasteiger partial charge in [0.1, 0.15) is 0 Å². The number of thiophene rings is 1. The number of benzene rings is 2. The Morgan fingerprint density at radius 3 is 2.31 bits per heavy atom. The third kappa shape index (κ3) is 8.28. The molecule has 0 unspecified atom stereocenters. The molecule has 2 aromatic carbocycles. The molecule has 1 saturated heterocycles. The van der Waals surface area contributed by atoms with Crippen molar-refractivity contribution in [1.29, 1.82) is 0 Å². The first kappa shape index (κ1) is 27.6. The number of aryl methyl sites for hydroxylation is 2. The van der Waals surface area contributed by atoms with Crippen LogP contribution in [0.25, 0.3) is 21.2 Å². The van der Waals surface area contributed by atoms with Crippen LogP contribution in [0.3, 0.4) is 0 Å². The van der Waals surface area contributed by atoms with Crippen LogP contribution in [0.2, 0.25) is 0 Å². The van der Waals surface area contributed by atoms with Crippen molar-refractivity contribution in [1.82, 2.24) is 5.32 Å². The molecule has 1 aliphatic heterocycles. The van der Waals surface area contributed by atoms with Gasteiger partial charge in [-0.25, -0.2) is 0 Å². The summed E-state index contributed by atoms with van der Waals surface area (Å²) in [5.74, 6) is 0. The first-order valence-electron chi connectivity index (χ1n) is 11.4. The number of rotatable bonds is 6. The van der Waals surface area contributed by atoms with Crippen LogP contribution in [0.15, 0.2) is 42.5 Å². The van der Waals surface area contributed by atoms with E-state index in [-0.39, 0.29) is 12.7 Å². The molecule has 2 heterocycles. The first-order chi connectivity index (χ1) is 16.4. The molecule has 0 atom stereocenters. The van der Waals surface area contributed by atoms with Crippen LogP contribution in [-0.2, 0) is 26.9 Å². The highest BCUT2D eigenvalue weighted by atomic mass is 32.2. The molecule has 3 aromatic rings. The molecule has 0 bridgehead atoms. The minimum Gasteiger partial charge on any atom is -0.393 e. The van der Waals surface area contributed by atoms with Crippen molar-refractivity contribution in [3.05, 3.63) is 58.5 Å². The molecule has 0 aliphatic carbocycles. The SMILES string of the molecule is Cc1sc2cc(CCCOS(C)(=O)=O)ccc2c1-c1ccc(C(F)(F)F)cc1.OC1CCNCC1. The molecule has 1 fully saturated rings. The van der Waals surface area contributed by atoms with E-state index in [1.807, 2.05) is 25.1 Å². The molecule has 5 nitrogen and oxygen atoms in total. The van der Waals surface area contributed by atoms with Gasteiger partial charge in [0, 0.05) is 20.5 Å². The molecule has 2 N–H and O–H groups in total. The summed E-state index contributed by atoms with van der Waals surface area (Å²) in [6.45, 7) is 4.07. The first-order valence-corrected chi connectivity index (χ1v) is 14.0. The van der Waals surface area contributed by atoms with E-state index < -0.39 is 21.9 Å². The van der Waals surface area contributed by atoms with E-state index in [0.29, 0.717) is 12.8 Å². The Bertz CT molecular complexity index is 1220. The van der Waals surface area contributed by atoms with Crippen molar-refractivity contribution in [2.45, 2.75) is 44.9 Å². The number of fused-ring (bicyclic) bond motifs is 1. The molecule has 4 rings (SSSR count). The number of alkyl halides is 3. The normalized spacial score (nSPS) is 15.1. The lowest BCUT2D eigenvalue weighted by atomic mass is 9.99. The number of piperidine rings is 1. The van der Waals surface area contributed by atoms with E-state index in [2.05, 4.69) is 5.32 Å². The molecule has 0 saturated carbocycles. The minimum atomic E-state index is -4.35. The molecule has 10 heteroatoms. The molecule has 0 spiro atoms. The van der Waals surface area contributed by atoms with Gasteiger partial charge in [0.05, 0.1) is 24.5 Å². The predicted octanol–water partition coefficient (Wildman–Crippen LogP) is 5.54. The minimum absolute atomic E-state index is 0.0266. The van der Waals surface area contributed by atoms with Crippen LogP contribution in [0.5, 0.6) is 0 Å². The second kappa shape index (κ2) is 11.8. The molecular weight excluding hydrogens is 499 g/mol. The largest absolute Gasteiger partial charge is 0.416 e. The van der Waals surface area contributed by atoms with E-state index in [1.165, 1.54) is 12.1 Å². The average Bonchev–Trinajstić information content (AvgIpc) is 3.11. The van der Waals surface area contributed by atoms with Crippen molar-refractivity contribution in [2.75, 3.05) is 26.0 Å². The summed E-state index contributed by atoms with van der Waals surface area (Å²) >= 11 is 1.59. The zero-order valence-corrected chi connectivity index (χ0v) is 21.3. The van der Waals surface area contributed by atoms with Gasteiger partial charge < -0.3 is 10.4 Å². The Labute approximate surface area is 208 Å². The van der Waals surface area contributed by atoms with Crippen molar-refractivity contribution in [3.8, 4) is 11.1 Å². The number of nitrogens with one attached hydrogen (secondary N) is 1. The van der Waals surface area contributed by atoms with E-state index >= 15 is 0 Å². The lowest BCUT2D eigenvalue weighted by Crippen LogP contribution is -2.30. The van der Waals surface area contributed by atoms with Gasteiger partial charge in [-0.2, -0.15) is 21.6 Å². The molecule has 1 aromatic heterocycles. The Balaban J connectivity index is 0.000000420. The molecule has 35 heavy (non-hydrogen) atoms. The van der Waals surface area contributed by atoms with Crippen LogP contribution >= 0.6 is 11.3 Å². The monoisotopic (exact) mass is 529 g/mol. The van der Waals surface area contributed by atoms with Gasteiger partial charge >= 0.3 is 6.18 Å². The summed E-state index contributed by atoms with van der Waals surface area (Å²) in [6.07, 6.45) is -0.232. The maximum absolute atomic E-state index is 12.8. The van der Waals surface area contributed by atoms with Crippen molar-refractivity contribution >= 4 is 31.5 Å². The Morgan fingerprint density at radius 1 is 1.11 bits per heavy atom. The summed E-state index contributed by atoms with van der Waals surface area (Å²) < 4.78 is 66.1. The summed E-state index contributed by atoms with van der Waals surface area (Å²) in [4.78, 5) is 1.03. The zero-order chi connectivity index (χ0) is 25.6. The summed E-state index contributed by atoms with van der Waals surface area (Å²) in [5, 5.41) is 13.0. The van der Waals surface area contributed by atoms with Gasteiger partial charge in [0.15, 0.2) is 0 Å². The van der Waals surface area contributed by atoms with Crippen molar-refractivity contribution in [3.63, 3.8) is 0 Å². The van der Waals surface area contributed by atoms with Gasteiger partial charge in [-0.05, 0) is 75.0 Å². The Morgan fingerprint density at radius 2 is 1.77 bits per heavy atom.